The summed E-state index contributed by atoms with van der Waals surface area (Å²) in [6.07, 6.45) is 0. The second-order valence-electron chi connectivity index (χ2n) is 4.16. The van der Waals surface area contributed by atoms with Gasteiger partial charge < -0.3 is 10.5 Å². The molecule has 1 aromatic carbocycles. The molecule has 0 saturated carbocycles. The Balaban J connectivity index is 2.14. The van der Waals surface area contributed by atoms with Crippen LogP contribution in [-0.2, 0) is 0 Å². The predicted octanol–water partition coefficient (Wildman–Crippen LogP) is 3.48. The summed E-state index contributed by atoms with van der Waals surface area (Å²) in [5.74, 6) is 0.418. The van der Waals surface area contributed by atoms with Gasteiger partial charge in [0.05, 0.1) is 12.0 Å². The summed E-state index contributed by atoms with van der Waals surface area (Å²) in [4.78, 5) is 10.1. The zero-order valence-electron chi connectivity index (χ0n) is 10.8. The number of anilines is 1. The van der Waals surface area contributed by atoms with Crippen LogP contribution in [0, 0.1) is 5.82 Å². The van der Waals surface area contributed by atoms with Gasteiger partial charge in [-0.1, -0.05) is 12.1 Å². The molecule has 2 heterocycles. The maximum absolute atomic E-state index is 13.0. The van der Waals surface area contributed by atoms with Gasteiger partial charge in [-0.15, -0.1) is 11.3 Å². The number of halogens is 1. The van der Waals surface area contributed by atoms with E-state index in [2.05, 4.69) is 9.97 Å². The summed E-state index contributed by atoms with van der Waals surface area (Å²) in [5, 5.41) is 0.824. The molecule has 2 aromatic heterocycles. The number of ether oxygens (including phenoxy) is 1. The first-order valence-corrected chi connectivity index (χ1v) is 6.95. The smallest absolute Gasteiger partial charge is 0.227 e. The summed E-state index contributed by atoms with van der Waals surface area (Å²) < 4.78 is 18.5. The second-order valence-corrected chi connectivity index (χ2v) is 5.19. The van der Waals surface area contributed by atoms with Crippen molar-refractivity contribution in [2.75, 3.05) is 12.3 Å². The number of benzene rings is 1. The van der Waals surface area contributed by atoms with Crippen molar-refractivity contribution in [3.63, 3.8) is 0 Å². The van der Waals surface area contributed by atoms with E-state index in [0.717, 1.165) is 20.7 Å². The lowest BCUT2D eigenvalue weighted by molar-refractivity contribution is 0.331. The number of nitrogens with two attached hydrogens (primary N) is 1. The normalized spacial score (nSPS) is 10.9. The van der Waals surface area contributed by atoms with Crippen LogP contribution >= 0.6 is 11.3 Å². The number of fused-ring (bicyclic) bond motifs is 1. The molecule has 0 saturated heterocycles. The van der Waals surface area contributed by atoms with Gasteiger partial charge in [0.1, 0.15) is 10.6 Å². The SMILES string of the molecule is CCOc1nc(N)nc2sc(-c3ccc(F)cc3)cc12. The van der Waals surface area contributed by atoms with E-state index in [1.165, 1.54) is 23.5 Å². The first kappa shape index (κ1) is 12.8. The number of hydrogen-bond acceptors (Lipinski definition) is 5. The summed E-state index contributed by atoms with van der Waals surface area (Å²) in [6.45, 7) is 2.39. The van der Waals surface area contributed by atoms with Gasteiger partial charge >= 0.3 is 0 Å². The van der Waals surface area contributed by atoms with E-state index in [4.69, 9.17) is 10.5 Å². The predicted molar refractivity (Wildman–Crippen MR) is 78.4 cm³/mol. The van der Waals surface area contributed by atoms with Crippen LogP contribution in [0.15, 0.2) is 30.3 Å². The standard InChI is InChI=1S/C14H12FN3OS/c1-2-19-12-10-7-11(8-3-5-9(15)6-4-8)20-13(10)18-14(16)17-12/h3-7H,2H2,1H3,(H2,16,17,18). The van der Waals surface area contributed by atoms with Gasteiger partial charge in [-0.2, -0.15) is 4.98 Å². The number of thiophene rings is 1. The molecule has 3 aromatic rings. The topological polar surface area (TPSA) is 61.0 Å². The molecule has 20 heavy (non-hydrogen) atoms. The van der Waals surface area contributed by atoms with Crippen molar-refractivity contribution in [2.45, 2.75) is 6.92 Å². The highest BCUT2D eigenvalue weighted by Gasteiger charge is 2.12. The fraction of sp³-hybridized carbons (Fsp3) is 0.143. The van der Waals surface area contributed by atoms with Crippen molar-refractivity contribution >= 4 is 27.5 Å². The fourth-order valence-electron chi connectivity index (χ4n) is 1.91. The van der Waals surface area contributed by atoms with Crippen molar-refractivity contribution in [1.29, 1.82) is 0 Å². The molecule has 0 spiro atoms. The van der Waals surface area contributed by atoms with E-state index in [-0.39, 0.29) is 11.8 Å². The van der Waals surface area contributed by atoms with Gasteiger partial charge in [-0.05, 0) is 30.7 Å². The summed E-state index contributed by atoms with van der Waals surface area (Å²) >= 11 is 1.48. The number of hydrogen-bond donors (Lipinski definition) is 1. The van der Waals surface area contributed by atoms with Crippen molar-refractivity contribution in [3.8, 4) is 16.3 Å². The summed E-state index contributed by atoms with van der Waals surface area (Å²) in [5.41, 5.74) is 6.60. The minimum atomic E-state index is -0.256. The van der Waals surface area contributed by atoms with Gasteiger partial charge in [-0.3, -0.25) is 0 Å². The van der Waals surface area contributed by atoms with E-state index in [0.29, 0.717) is 12.5 Å². The van der Waals surface area contributed by atoms with Crippen LogP contribution in [0.5, 0.6) is 5.88 Å². The molecule has 6 heteroatoms. The van der Waals surface area contributed by atoms with Crippen molar-refractivity contribution in [2.24, 2.45) is 0 Å². The molecule has 0 aliphatic heterocycles. The Hall–Kier alpha value is -2.21. The quantitative estimate of drug-likeness (QED) is 0.802. The largest absolute Gasteiger partial charge is 0.477 e. The Bertz CT molecular complexity index is 755. The van der Waals surface area contributed by atoms with Crippen LogP contribution in [0.25, 0.3) is 20.7 Å². The molecule has 3 rings (SSSR count). The monoisotopic (exact) mass is 289 g/mol. The third-order valence-electron chi connectivity index (χ3n) is 2.78. The Morgan fingerprint density at radius 1 is 1.25 bits per heavy atom. The van der Waals surface area contributed by atoms with Gasteiger partial charge in [0.15, 0.2) is 0 Å². The Morgan fingerprint density at radius 3 is 2.70 bits per heavy atom. The molecule has 2 N–H and O–H groups in total. The highest BCUT2D eigenvalue weighted by Crippen LogP contribution is 2.36. The molecule has 0 aliphatic carbocycles. The molecular weight excluding hydrogens is 277 g/mol. The van der Waals surface area contributed by atoms with Gasteiger partial charge in [0.2, 0.25) is 11.8 Å². The lowest BCUT2D eigenvalue weighted by atomic mass is 10.2. The molecule has 0 atom stereocenters. The molecule has 0 unspecified atom stereocenters. The van der Waals surface area contributed by atoms with Crippen molar-refractivity contribution < 1.29 is 9.13 Å². The van der Waals surface area contributed by atoms with Gasteiger partial charge in [0.25, 0.3) is 0 Å². The molecule has 0 aliphatic rings. The van der Waals surface area contributed by atoms with Gasteiger partial charge in [0, 0.05) is 4.88 Å². The molecule has 0 bridgehead atoms. The third kappa shape index (κ3) is 2.30. The molecule has 0 amide bonds. The zero-order valence-corrected chi connectivity index (χ0v) is 11.6. The van der Waals surface area contributed by atoms with E-state index in [1.807, 2.05) is 13.0 Å². The lowest BCUT2D eigenvalue weighted by Gasteiger charge is -2.03. The van der Waals surface area contributed by atoms with Gasteiger partial charge in [-0.25, -0.2) is 9.37 Å². The minimum Gasteiger partial charge on any atom is -0.477 e. The first-order valence-electron chi connectivity index (χ1n) is 6.13. The van der Waals surface area contributed by atoms with E-state index in [9.17, 15) is 4.39 Å². The van der Waals surface area contributed by atoms with E-state index < -0.39 is 0 Å². The van der Waals surface area contributed by atoms with Crippen LogP contribution in [0.1, 0.15) is 6.92 Å². The van der Waals surface area contributed by atoms with Crippen LogP contribution in [0.2, 0.25) is 0 Å². The maximum Gasteiger partial charge on any atom is 0.227 e. The Morgan fingerprint density at radius 2 is 2.00 bits per heavy atom. The van der Waals surface area contributed by atoms with Crippen LogP contribution in [0.4, 0.5) is 10.3 Å². The molecule has 0 radical (unpaired) electrons. The minimum absolute atomic E-state index is 0.188. The van der Waals surface area contributed by atoms with Crippen LogP contribution < -0.4 is 10.5 Å². The number of rotatable bonds is 3. The number of nitrogens with zero attached hydrogens (tertiary/aromatic N) is 2. The maximum atomic E-state index is 13.0. The highest BCUT2D eigenvalue weighted by atomic mass is 32.1. The molecular formula is C14H12FN3OS. The van der Waals surface area contributed by atoms with Crippen molar-refractivity contribution in [1.82, 2.24) is 9.97 Å². The Labute approximate surface area is 119 Å². The van der Waals surface area contributed by atoms with E-state index >= 15 is 0 Å². The fourth-order valence-corrected chi connectivity index (χ4v) is 2.95. The van der Waals surface area contributed by atoms with E-state index in [1.54, 1.807) is 12.1 Å². The lowest BCUT2D eigenvalue weighted by Crippen LogP contribution is -1.99. The van der Waals surface area contributed by atoms with Crippen LogP contribution in [-0.4, -0.2) is 16.6 Å². The zero-order chi connectivity index (χ0) is 14.1. The summed E-state index contributed by atoms with van der Waals surface area (Å²) in [6, 6.07) is 8.28. The first-order chi connectivity index (χ1) is 9.67. The number of aromatic nitrogens is 2. The highest BCUT2D eigenvalue weighted by molar-refractivity contribution is 7.21. The molecule has 0 fully saturated rings. The molecule has 4 nitrogen and oxygen atoms in total. The molecule has 102 valence electrons. The summed E-state index contributed by atoms with van der Waals surface area (Å²) in [7, 11) is 0. The van der Waals surface area contributed by atoms with Crippen molar-refractivity contribution in [3.05, 3.63) is 36.1 Å². The third-order valence-corrected chi connectivity index (χ3v) is 3.86. The average molecular weight is 289 g/mol. The van der Waals surface area contributed by atoms with Crippen LogP contribution in [0.3, 0.4) is 0 Å². The second kappa shape index (κ2) is 5.05. The Kier molecular flexibility index (Phi) is 3.23. The average Bonchev–Trinajstić information content (AvgIpc) is 2.83. The number of nitrogen functional groups attached to an aromatic ring is 1.